The zero-order chi connectivity index (χ0) is 26.7. The van der Waals surface area contributed by atoms with Gasteiger partial charge in [-0.25, -0.2) is 9.59 Å². The second-order valence-corrected chi connectivity index (χ2v) is 10.6. The molecule has 36 heavy (non-hydrogen) atoms. The molecule has 2 N–H and O–H groups in total. The van der Waals surface area contributed by atoms with Crippen LogP contribution in [0.4, 0.5) is 4.79 Å². The van der Waals surface area contributed by atoms with E-state index >= 15 is 0 Å². The van der Waals surface area contributed by atoms with E-state index in [0.717, 1.165) is 12.8 Å². The van der Waals surface area contributed by atoms with Crippen LogP contribution in [0.2, 0.25) is 0 Å². The Kier molecular flexibility index (Phi) is 11.9. The molecule has 2 rings (SSSR count). The summed E-state index contributed by atoms with van der Waals surface area (Å²) in [5, 5.41) is 13.0. The lowest BCUT2D eigenvalue weighted by Gasteiger charge is -2.18. The van der Waals surface area contributed by atoms with Gasteiger partial charge in [0.15, 0.2) is 5.78 Å². The Morgan fingerprint density at radius 3 is 2.58 bits per heavy atom. The average molecular weight is 518 g/mol. The van der Waals surface area contributed by atoms with Crippen molar-refractivity contribution in [2.45, 2.75) is 78.6 Å². The monoisotopic (exact) mass is 517 g/mol. The van der Waals surface area contributed by atoms with Crippen molar-refractivity contribution in [2.24, 2.45) is 11.8 Å². The number of unbranched alkanes of at least 4 members (excludes halogenated alkanes) is 2. The number of hydrogen-bond acceptors (Lipinski definition) is 7. The fraction of sp³-hybridized carbons (Fsp3) is 0.536. The summed E-state index contributed by atoms with van der Waals surface area (Å²) in [4.78, 5) is 39.4. The Hall–Kier alpha value is -2.87. The first-order chi connectivity index (χ1) is 17.2. The van der Waals surface area contributed by atoms with Crippen LogP contribution in [0.1, 0.15) is 91.6 Å². The van der Waals surface area contributed by atoms with Gasteiger partial charge in [0.1, 0.15) is 17.1 Å². The van der Waals surface area contributed by atoms with Gasteiger partial charge in [-0.2, -0.15) is 0 Å². The minimum Gasteiger partial charge on any atom is -0.507 e. The average Bonchev–Trinajstić information content (AvgIpc) is 3.29. The third-order valence-electron chi connectivity index (χ3n) is 6.49. The summed E-state index contributed by atoms with van der Waals surface area (Å²) in [6.07, 6.45) is 9.35. The SMILES string of the molecule is CCCCCc1ccc(CC(C)C(C)C(=O)c2c(O)cc(C(C)CC/C=C/NC(=O)OC)oc2=O)s1. The highest BCUT2D eigenvalue weighted by atomic mass is 32.1. The number of thiophene rings is 1. The maximum atomic E-state index is 13.1. The number of allylic oxidation sites excluding steroid dienone is 1. The standard InChI is InChI=1S/C28H39NO6S/c1-6-7-8-12-21-13-14-22(36-21)16-19(3)20(4)26(31)25-23(30)17-24(35-27(25)32)18(2)11-9-10-15-29-28(33)34-5/h10,13-15,17-20,30H,6-9,11-12,16H2,1-5H3,(H,29,33)/b15-10+. The number of aryl methyl sites for hydroxylation is 1. The highest BCUT2D eigenvalue weighted by Gasteiger charge is 2.28. The molecule has 3 unspecified atom stereocenters. The minimum absolute atomic E-state index is 0.00225. The molecule has 3 atom stereocenters. The van der Waals surface area contributed by atoms with Crippen molar-refractivity contribution >= 4 is 23.2 Å². The van der Waals surface area contributed by atoms with Crippen LogP contribution >= 0.6 is 11.3 Å². The molecule has 0 aliphatic carbocycles. The number of Topliss-reactive ketones (excluding diaryl/α,β-unsaturated/α-hetero) is 1. The van der Waals surface area contributed by atoms with Crippen LogP contribution in [0.3, 0.4) is 0 Å². The molecule has 2 aromatic heterocycles. The van der Waals surface area contributed by atoms with Crippen molar-refractivity contribution in [3.05, 3.63) is 62.0 Å². The van der Waals surface area contributed by atoms with Gasteiger partial charge in [0.25, 0.3) is 0 Å². The Balaban J connectivity index is 2.00. The predicted molar refractivity (Wildman–Crippen MR) is 143 cm³/mol. The fourth-order valence-corrected chi connectivity index (χ4v) is 5.12. The number of nitrogens with one attached hydrogen (secondary N) is 1. The lowest BCUT2D eigenvalue weighted by molar-refractivity contribution is 0.0885. The third-order valence-corrected chi connectivity index (χ3v) is 7.65. The number of ether oxygens (including phenoxy) is 1. The van der Waals surface area contributed by atoms with Crippen LogP contribution in [0.25, 0.3) is 0 Å². The van der Waals surface area contributed by atoms with Crippen LogP contribution in [-0.4, -0.2) is 24.1 Å². The number of methoxy groups -OCH3 is 1. The molecule has 0 bridgehead atoms. The number of carbonyl (C=O) groups excluding carboxylic acids is 2. The molecule has 2 aromatic rings. The normalized spacial score (nSPS) is 13.9. The third kappa shape index (κ3) is 8.66. The van der Waals surface area contributed by atoms with E-state index < -0.39 is 23.4 Å². The predicted octanol–water partition coefficient (Wildman–Crippen LogP) is 6.59. The van der Waals surface area contributed by atoms with Gasteiger partial charge in [-0.1, -0.05) is 46.6 Å². The van der Waals surface area contributed by atoms with Gasteiger partial charge in [0.05, 0.1) is 7.11 Å². The number of amides is 1. The number of carbonyl (C=O) groups is 2. The summed E-state index contributed by atoms with van der Waals surface area (Å²) >= 11 is 1.79. The van der Waals surface area contributed by atoms with Crippen LogP contribution < -0.4 is 10.9 Å². The van der Waals surface area contributed by atoms with Gasteiger partial charge in [-0.05, 0) is 50.2 Å². The molecule has 0 aromatic carbocycles. The topological polar surface area (TPSA) is 106 Å². The first-order valence-corrected chi connectivity index (χ1v) is 13.5. The smallest absolute Gasteiger partial charge is 0.410 e. The number of aromatic hydroxyl groups is 1. The molecule has 2 heterocycles. The quantitative estimate of drug-likeness (QED) is 0.216. The number of rotatable bonds is 14. The van der Waals surface area contributed by atoms with Gasteiger partial charge in [0.2, 0.25) is 0 Å². The summed E-state index contributed by atoms with van der Waals surface area (Å²) in [7, 11) is 1.28. The number of hydrogen-bond donors (Lipinski definition) is 2. The first-order valence-electron chi connectivity index (χ1n) is 12.7. The molecule has 198 valence electrons. The molecule has 1 amide bonds. The van der Waals surface area contributed by atoms with E-state index in [2.05, 4.69) is 29.1 Å². The van der Waals surface area contributed by atoms with Crippen LogP contribution in [0, 0.1) is 11.8 Å². The van der Waals surface area contributed by atoms with E-state index in [1.54, 1.807) is 24.3 Å². The molecular weight excluding hydrogens is 478 g/mol. The van der Waals surface area contributed by atoms with E-state index in [1.807, 2.05) is 13.8 Å². The van der Waals surface area contributed by atoms with Crippen molar-refractivity contribution in [3.63, 3.8) is 0 Å². The summed E-state index contributed by atoms with van der Waals surface area (Å²) in [6, 6.07) is 5.66. The van der Waals surface area contributed by atoms with E-state index in [9.17, 15) is 19.5 Å². The Morgan fingerprint density at radius 2 is 1.92 bits per heavy atom. The second-order valence-electron chi connectivity index (χ2n) is 9.37. The largest absolute Gasteiger partial charge is 0.507 e. The van der Waals surface area contributed by atoms with E-state index in [-0.39, 0.29) is 23.1 Å². The molecule has 7 nitrogen and oxygen atoms in total. The van der Waals surface area contributed by atoms with Crippen LogP contribution in [-0.2, 0) is 17.6 Å². The fourth-order valence-electron chi connectivity index (χ4n) is 3.92. The molecule has 0 aliphatic rings. The summed E-state index contributed by atoms with van der Waals surface area (Å²) in [5.41, 5.74) is -1.09. The Morgan fingerprint density at radius 1 is 1.19 bits per heavy atom. The zero-order valence-electron chi connectivity index (χ0n) is 22.0. The summed E-state index contributed by atoms with van der Waals surface area (Å²) in [5.74, 6) is -1.03. The number of alkyl carbamates (subject to hydrolysis) is 1. The molecule has 0 radical (unpaired) electrons. The highest BCUT2D eigenvalue weighted by molar-refractivity contribution is 7.12. The van der Waals surface area contributed by atoms with E-state index in [1.165, 1.54) is 48.4 Å². The van der Waals surface area contributed by atoms with Gasteiger partial charge in [-0.3, -0.25) is 10.1 Å². The molecule has 0 spiro atoms. The van der Waals surface area contributed by atoms with Crippen molar-refractivity contribution in [2.75, 3.05) is 7.11 Å². The number of ketones is 1. The summed E-state index contributed by atoms with van der Waals surface area (Å²) < 4.78 is 9.91. The molecular formula is C28H39NO6S. The van der Waals surface area contributed by atoms with E-state index in [4.69, 9.17) is 4.42 Å². The van der Waals surface area contributed by atoms with E-state index in [0.29, 0.717) is 18.6 Å². The van der Waals surface area contributed by atoms with Crippen LogP contribution in [0.15, 0.2) is 39.7 Å². The van der Waals surface area contributed by atoms with Crippen molar-refractivity contribution in [1.29, 1.82) is 0 Å². The summed E-state index contributed by atoms with van der Waals surface area (Å²) in [6.45, 7) is 7.85. The molecule has 0 saturated heterocycles. The minimum atomic E-state index is -0.807. The second kappa shape index (κ2) is 14.6. The molecule has 0 aliphatic heterocycles. The molecule has 0 saturated carbocycles. The van der Waals surface area contributed by atoms with Crippen LogP contribution in [0.5, 0.6) is 5.75 Å². The lowest BCUT2D eigenvalue weighted by atomic mass is 9.86. The van der Waals surface area contributed by atoms with Crippen molar-refractivity contribution < 1.29 is 23.8 Å². The molecule has 0 fully saturated rings. The van der Waals surface area contributed by atoms with Gasteiger partial charge in [-0.15, -0.1) is 11.3 Å². The lowest BCUT2D eigenvalue weighted by Crippen LogP contribution is -2.26. The molecule has 8 heteroatoms. The Labute approximate surface area is 217 Å². The maximum Gasteiger partial charge on any atom is 0.410 e. The highest BCUT2D eigenvalue weighted by Crippen LogP contribution is 2.29. The van der Waals surface area contributed by atoms with Crippen molar-refractivity contribution in [3.8, 4) is 5.75 Å². The first kappa shape index (κ1) is 29.4. The zero-order valence-corrected chi connectivity index (χ0v) is 22.8. The van der Waals surface area contributed by atoms with Gasteiger partial charge < -0.3 is 14.3 Å². The van der Waals surface area contributed by atoms with Gasteiger partial charge >= 0.3 is 11.7 Å². The Bertz CT molecular complexity index is 1090. The maximum absolute atomic E-state index is 13.1. The van der Waals surface area contributed by atoms with Crippen molar-refractivity contribution in [1.82, 2.24) is 5.32 Å². The van der Waals surface area contributed by atoms with Gasteiger partial charge in [0, 0.05) is 33.9 Å².